The predicted molar refractivity (Wildman–Crippen MR) is 99.6 cm³/mol. The summed E-state index contributed by atoms with van der Waals surface area (Å²) in [6.07, 6.45) is 3.68. The summed E-state index contributed by atoms with van der Waals surface area (Å²) in [4.78, 5) is 11.2. The van der Waals surface area contributed by atoms with Crippen molar-refractivity contribution in [3.05, 3.63) is 12.2 Å². The molecular formula is C19H34O5Si. The normalized spacial score (nSPS) is 33.7. The molecule has 0 N–H and O–H groups in total. The number of carbonyl (C=O) groups is 1. The van der Waals surface area contributed by atoms with Crippen molar-refractivity contribution in [3.63, 3.8) is 0 Å². The van der Waals surface area contributed by atoms with E-state index in [1.165, 1.54) is 0 Å². The topological polar surface area (TPSA) is 54.0 Å². The van der Waals surface area contributed by atoms with Crippen molar-refractivity contribution in [2.75, 3.05) is 13.2 Å². The van der Waals surface area contributed by atoms with Crippen LogP contribution >= 0.6 is 0 Å². The number of rotatable bonds is 7. The summed E-state index contributed by atoms with van der Waals surface area (Å²) in [5.74, 6) is -0.656. The first-order valence-electron chi connectivity index (χ1n) is 9.41. The first-order valence-corrected chi connectivity index (χ1v) is 12.2. The third-order valence-electron chi connectivity index (χ3n) is 5.29. The van der Waals surface area contributed by atoms with Gasteiger partial charge in [-0.2, -0.15) is 0 Å². The summed E-state index contributed by atoms with van der Waals surface area (Å²) in [6, 6.07) is 0. The minimum absolute atomic E-state index is 0.0281. The van der Waals surface area contributed by atoms with Gasteiger partial charge in [0.05, 0.1) is 6.61 Å². The highest BCUT2D eigenvalue weighted by Gasteiger charge is 2.55. The molecule has 0 spiro atoms. The minimum atomic E-state index is -1.43. The highest BCUT2D eigenvalue weighted by Crippen LogP contribution is 2.53. The Labute approximate surface area is 153 Å². The van der Waals surface area contributed by atoms with Crippen molar-refractivity contribution in [3.8, 4) is 0 Å². The summed E-state index contributed by atoms with van der Waals surface area (Å²) in [5, 5.41) is 0. The molecule has 144 valence electrons. The summed E-state index contributed by atoms with van der Waals surface area (Å²) >= 11 is 0. The first kappa shape index (κ1) is 20.6. The van der Waals surface area contributed by atoms with Crippen molar-refractivity contribution in [1.82, 2.24) is 0 Å². The number of hydrogen-bond acceptors (Lipinski definition) is 5. The monoisotopic (exact) mass is 370 g/mol. The molecule has 0 aromatic heterocycles. The largest absolute Gasteiger partial charge is 0.432 e. The Morgan fingerprint density at radius 1 is 1.36 bits per heavy atom. The lowest BCUT2D eigenvalue weighted by molar-refractivity contribution is -0.173. The molecule has 6 heteroatoms. The zero-order valence-corrected chi connectivity index (χ0v) is 17.5. The molecule has 5 nitrogen and oxygen atoms in total. The van der Waals surface area contributed by atoms with E-state index >= 15 is 0 Å². The highest BCUT2D eigenvalue weighted by atomic mass is 28.3. The molecule has 1 saturated heterocycles. The lowest BCUT2D eigenvalue weighted by atomic mass is 9.74. The second-order valence-electron chi connectivity index (χ2n) is 8.57. The average Bonchev–Trinajstić information content (AvgIpc) is 2.79. The molecule has 0 aromatic carbocycles. The first-order chi connectivity index (χ1) is 11.7. The van der Waals surface area contributed by atoms with Crippen molar-refractivity contribution in [1.29, 1.82) is 0 Å². The van der Waals surface area contributed by atoms with Gasteiger partial charge in [0.25, 0.3) is 6.47 Å². The summed E-state index contributed by atoms with van der Waals surface area (Å²) in [5.41, 5.74) is 0.858. The lowest BCUT2D eigenvalue weighted by Crippen LogP contribution is -2.39. The van der Waals surface area contributed by atoms with Crippen molar-refractivity contribution in [2.45, 2.75) is 71.6 Å². The van der Waals surface area contributed by atoms with E-state index in [0.717, 1.165) is 31.4 Å². The van der Waals surface area contributed by atoms with Gasteiger partial charge in [-0.15, -0.1) is 0 Å². The Bertz CT molecular complexity index is 467. The Kier molecular flexibility index (Phi) is 6.87. The van der Waals surface area contributed by atoms with Crippen LogP contribution in [0.5, 0.6) is 0 Å². The third kappa shape index (κ3) is 4.93. The smallest absolute Gasteiger partial charge is 0.295 e. The molecule has 1 unspecified atom stereocenters. The van der Waals surface area contributed by atoms with E-state index in [1.807, 2.05) is 0 Å². The van der Waals surface area contributed by atoms with Gasteiger partial charge >= 0.3 is 0 Å². The number of carbonyl (C=O) groups excluding carboxylic acids is 1. The Hall–Kier alpha value is -0.693. The van der Waals surface area contributed by atoms with Crippen molar-refractivity contribution < 1.29 is 23.4 Å². The maximum absolute atomic E-state index is 11.2. The van der Waals surface area contributed by atoms with Gasteiger partial charge < -0.3 is 18.6 Å². The van der Waals surface area contributed by atoms with Gasteiger partial charge in [-0.25, -0.2) is 0 Å². The van der Waals surface area contributed by atoms with Crippen LogP contribution < -0.4 is 0 Å². The lowest BCUT2D eigenvalue weighted by Gasteiger charge is -2.33. The second-order valence-corrected chi connectivity index (χ2v) is 10.9. The molecule has 1 aliphatic carbocycles. The van der Waals surface area contributed by atoms with E-state index in [-0.39, 0.29) is 23.5 Å². The van der Waals surface area contributed by atoms with E-state index in [4.69, 9.17) is 18.6 Å². The van der Waals surface area contributed by atoms with Crippen LogP contribution in [-0.2, 0) is 23.4 Å². The van der Waals surface area contributed by atoms with E-state index < -0.39 is 14.8 Å². The van der Waals surface area contributed by atoms with Gasteiger partial charge in [0, 0.05) is 18.9 Å². The fourth-order valence-corrected chi connectivity index (χ4v) is 5.07. The number of ether oxygens (including phenoxy) is 3. The minimum Gasteiger partial charge on any atom is -0.432 e. The number of hydrogen-bond donors (Lipinski definition) is 0. The van der Waals surface area contributed by atoms with Gasteiger partial charge in [-0.3, -0.25) is 4.79 Å². The predicted octanol–water partition coefficient (Wildman–Crippen LogP) is 3.64. The van der Waals surface area contributed by atoms with Crippen molar-refractivity contribution >= 4 is 15.5 Å². The van der Waals surface area contributed by atoms with Crippen LogP contribution in [0.4, 0.5) is 0 Å². The van der Waals surface area contributed by atoms with Gasteiger partial charge in [0.1, 0.15) is 0 Å². The van der Waals surface area contributed by atoms with E-state index in [2.05, 4.69) is 40.4 Å². The molecule has 2 aliphatic rings. The molecule has 4 atom stereocenters. The fourth-order valence-electron chi connectivity index (χ4n) is 4.00. The Balaban J connectivity index is 2.18. The fraction of sp³-hybridized carbons (Fsp3) is 0.842. The van der Waals surface area contributed by atoms with Crippen LogP contribution in [0.25, 0.3) is 0 Å². The molecular weight excluding hydrogens is 336 g/mol. The quantitative estimate of drug-likeness (QED) is 0.296. The van der Waals surface area contributed by atoms with Crippen LogP contribution in [0.1, 0.15) is 46.5 Å². The molecule has 0 radical (unpaired) electrons. The van der Waals surface area contributed by atoms with Crippen molar-refractivity contribution in [2.24, 2.45) is 17.3 Å². The second kappa shape index (κ2) is 8.33. The molecule has 0 bridgehead atoms. The van der Waals surface area contributed by atoms with Crippen LogP contribution in [0.3, 0.4) is 0 Å². The maximum Gasteiger partial charge on any atom is 0.295 e. The third-order valence-corrected chi connectivity index (χ3v) is 6.14. The Morgan fingerprint density at radius 2 is 2.08 bits per heavy atom. The average molecular weight is 371 g/mol. The molecule has 0 aromatic rings. The van der Waals surface area contributed by atoms with Crippen LogP contribution in [0, 0.1) is 17.3 Å². The summed E-state index contributed by atoms with van der Waals surface area (Å²) < 4.78 is 23.5. The molecule has 1 saturated carbocycles. The van der Waals surface area contributed by atoms with Gasteiger partial charge in [0.15, 0.2) is 15.3 Å². The Morgan fingerprint density at radius 3 is 2.60 bits per heavy atom. The van der Waals surface area contributed by atoms with Gasteiger partial charge in [-0.05, 0) is 49.3 Å². The van der Waals surface area contributed by atoms with E-state index in [1.54, 1.807) is 0 Å². The highest BCUT2D eigenvalue weighted by molar-refractivity contribution is 6.48. The van der Waals surface area contributed by atoms with Crippen LogP contribution in [0.2, 0.25) is 13.1 Å². The van der Waals surface area contributed by atoms with Gasteiger partial charge in [-0.1, -0.05) is 27.4 Å². The summed E-state index contributed by atoms with van der Waals surface area (Å²) in [7, 11) is -1.43. The molecule has 0 amide bonds. The van der Waals surface area contributed by atoms with E-state index in [9.17, 15) is 4.79 Å². The van der Waals surface area contributed by atoms with Gasteiger partial charge in [0.2, 0.25) is 5.79 Å². The van der Waals surface area contributed by atoms with Crippen LogP contribution in [0.15, 0.2) is 12.2 Å². The molecule has 1 aliphatic heterocycles. The zero-order chi connectivity index (χ0) is 18.7. The van der Waals surface area contributed by atoms with Crippen LogP contribution in [-0.4, -0.2) is 40.8 Å². The standard InChI is InChI=1S/C19H34O5Si/c1-14-15(12-22-17-9-7-8-10-21-17)16(18(2,3)4)11-19(14,23-13-20)24-25(5)6/h13,15-17,25H,1,7-12H2,2-6H3/t15-,16-,17?,19+/m0/s1. The zero-order valence-electron chi connectivity index (χ0n) is 16.4. The molecule has 25 heavy (non-hydrogen) atoms. The maximum atomic E-state index is 11.2. The SMILES string of the molecule is C=C1[C@H](COC2CCCCO2)[C@@H](C(C)(C)C)C[C@@]1(OC=O)O[SiH](C)C. The summed E-state index contributed by atoms with van der Waals surface area (Å²) in [6.45, 7) is 16.8. The molecule has 2 fully saturated rings. The molecule has 1 heterocycles. The molecule has 2 rings (SSSR count). The van der Waals surface area contributed by atoms with E-state index in [0.29, 0.717) is 19.5 Å².